The van der Waals surface area contributed by atoms with Crippen LogP contribution in [0.2, 0.25) is 0 Å². The van der Waals surface area contributed by atoms with Crippen LogP contribution in [0.5, 0.6) is 0 Å². The Labute approximate surface area is 327 Å². The Hall–Kier alpha value is -6.84. The Bertz CT molecular complexity index is 2850. The molecule has 3 heteroatoms. The number of benzene rings is 8. The number of hydrogen-bond acceptors (Lipinski definition) is 3. The molecule has 9 aromatic rings. The van der Waals surface area contributed by atoms with Crippen LogP contribution in [0, 0.1) is 0 Å². The SMILES string of the molecule is c1ccc(-c2ccc(N(c3ccc(-c4ccc5c(c4)C4(CCCC4)c4ccccc4N5c4ccccc4)cc3)c3ccc4c(c3)oc3ccccc34)cc2)cc1. The van der Waals surface area contributed by atoms with Gasteiger partial charge in [0.15, 0.2) is 0 Å². The average molecular weight is 721 g/mol. The molecule has 1 aromatic heterocycles. The van der Waals surface area contributed by atoms with E-state index in [9.17, 15) is 0 Å². The molecule has 56 heavy (non-hydrogen) atoms. The Kier molecular flexibility index (Phi) is 7.67. The van der Waals surface area contributed by atoms with E-state index in [1.54, 1.807) is 0 Å². The van der Waals surface area contributed by atoms with E-state index in [1.165, 1.54) is 76.1 Å². The minimum Gasteiger partial charge on any atom is -0.456 e. The quantitative estimate of drug-likeness (QED) is 0.170. The molecule has 11 rings (SSSR count). The molecule has 0 amide bonds. The maximum atomic E-state index is 6.38. The fourth-order valence-electron chi connectivity index (χ4n) is 9.55. The lowest BCUT2D eigenvalue weighted by Crippen LogP contribution is -2.33. The van der Waals surface area contributed by atoms with Gasteiger partial charge in [0.05, 0.1) is 11.4 Å². The molecule has 3 nitrogen and oxygen atoms in total. The lowest BCUT2D eigenvalue weighted by molar-refractivity contribution is 0.530. The van der Waals surface area contributed by atoms with Crippen molar-refractivity contribution in [3.8, 4) is 22.3 Å². The van der Waals surface area contributed by atoms with Crippen LogP contribution >= 0.6 is 0 Å². The summed E-state index contributed by atoms with van der Waals surface area (Å²) in [5, 5.41) is 2.26. The molecule has 0 unspecified atom stereocenters. The summed E-state index contributed by atoms with van der Waals surface area (Å²) in [7, 11) is 0. The van der Waals surface area contributed by atoms with Gasteiger partial charge in [-0.1, -0.05) is 128 Å². The molecule has 268 valence electrons. The molecule has 2 heterocycles. The fraction of sp³-hybridized carbons (Fsp3) is 0.0943. The van der Waals surface area contributed by atoms with Crippen molar-refractivity contribution in [2.45, 2.75) is 31.1 Å². The second-order valence-electron chi connectivity index (χ2n) is 15.3. The van der Waals surface area contributed by atoms with Crippen molar-refractivity contribution in [3.63, 3.8) is 0 Å². The number of hydrogen-bond donors (Lipinski definition) is 0. The summed E-state index contributed by atoms with van der Waals surface area (Å²) in [5.41, 5.74) is 16.6. The lowest BCUT2D eigenvalue weighted by atomic mass is 9.69. The smallest absolute Gasteiger partial charge is 0.137 e. The van der Waals surface area contributed by atoms with Gasteiger partial charge in [0, 0.05) is 45.0 Å². The van der Waals surface area contributed by atoms with Crippen molar-refractivity contribution in [1.82, 2.24) is 0 Å². The van der Waals surface area contributed by atoms with Crippen molar-refractivity contribution in [3.05, 3.63) is 205 Å². The number of furan rings is 1. The van der Waals surface area contributed by atoms with Crippen molar-refractivity contribution < 1.29 is 4.42 Å². The van der Waals surface area contributed by atoms with E-state index in [1.807, 2.05) is 12.1 Å². The van der Waals surface area contributed by atoms with Gasteiger partial charge in [-0.15, -0.1) is 0 Å². The zero-order valence-electron chi connectivity index (χ0n) is 31.1. The van der Waals surface area contributed by atoms with Gasteiger partial charge >= 0.3 is 0 Å². The monoisotopic (exact) mass is 720 g/mol. The van der Waals surface area contributed by atoms with E-state index in [2.05, 4.69) is 192 Å². The predicted octanol–water partition coefficient (Wildman–Crippen LogP) is 15.0. The van der Waals surface area contributed by atoms with Gasteiger partial charge in [-0.25, -0.2) is 0 Å². The molecule has 8 aromatic carbocycles. The van der Waals surface area contributed by atoms with Crippen molar-refractivity contribution in [2.24, 2.45) is 0 Å². The Morgan fingerprint density at radius 2 is 0.964 bits per heavy atom. The average Bonchev–Trinajstić information content (AvgIpc) is 3.91. The van der Waals surface area contributed by atoms with Gasteiger partial charge in [-0.05, 0) is 119 Å². The van der Waals surface area contributed by atoms with Crippen LogP contribution < -0.4 is 9.80 Å². The summed E-state index contributed by atoms with van der Waals surface area (Å²) in [6.07, 6.45) is 4.85. The zero-order valence-corrected chi connectivity index (χ0v) is 31.1. The summed E-state index contributed by atoms with van der Waals surface area (Å²) in [6.45, 7) is 0. The highest BCUT2D eigenvalue weighted by atomic mass is 16.3. The van der Waals surface area contributed by atoms with Gasteiger partial charge in [0.2, 0.25) is 0 Å². The van der Waals surface area contributed by atoms with Crippen LogP contribution in [0.25, 0.3) is 44.2 Å². The van der Waals surface area contributed by atoms with Crippen molar-refractivity contribution in [2.75, 3.05) is 9.80 Å². The molecule has 0 saturated heterocycles. The van der Waals surface area contributed by atoms with Crippen molar-refractivity contribution in [1.29, 1.82) is 0 Å². The zero-order chi connectivity index (χ0) is 37.1. The topological polar surface area (TPSA) is 19.6 Å². The lowest BCUT2D eigenvalue weighted by Gasteiger charge is -2.44. The standard InChI is InChI=1S/C53H40N2O/c1-3-13-37(14-4-1)38-21-26-42(27-22-38)54(44-30-31-46-45-17-7-10-20-51(45)56-52(46)36-44)43-28-23-39(24-29-43)40-25-32-50-48(35-40)53(33-11-12-34-53)47-18-8-9-19-49(47)55(50)41-15-5-2-6-16-41/h1-10,13-32,35-36H,11-12,33-34H2. The number of nitrogens with zero attached hydrogens (tertiary/aromatic N) is 2. The number of para-hydroxylation sites is 3. The van der Waals surface area contributed by atoms with E-state index < -0.39 is 0 Å². The first-order valence-electron chi connectivity index (χ1n) is 19.8. The number of rotatable bonds is 6. The van der Waals surface area contributed by atoms with Gasteiger partial charge < -0.3 is 14.2 Å². The molecule has 1 fully saturated rings. The summed E-state index contributed by atoms with van der Waals surface area (Å²) < 4.78 is 6.38. The molecule has 0 atom stereocenters. The highest BCUT2D eigenvalue weighted by Crippen LogP contribution is 2.58. The molecular weight excluding hydrogens is 681 g/mol. The van der Waals surface area contributed by atoms with Crippen LogP contribution in [-0.4, -0.2) is 0 Å². The first-order valence-corrected chi connectivity index (χ1v) is 19.8. The highest BCUT2D eigenvalue weighted by molar-refractivity contribution is 6.06. The number of anilines is 6. The molecule has 2 aliphatic rings. The predicted molar refractivity (Wildman–Crippen MR) is 233 cm³/mol. The molecule has 1 spiro atoms. The van der Waals surface area contributed by atoms with Gasteiger partial charge in [0.1, 0.15) is 11.2 Å². The normalized spacial score (nSPS) is 14.2. The Balaban J connectivity index is 1.01. The van der Waals surface area contributed by atoms with Crippen LogP contribution in [0.1, 0.15) is 36.8 Å². The maximum Gasteiger partial charge on any atom is 0.137 e. The molecule has 0 bridgehead atoms. The second-order valence-corrected chi connectivity index (χ2v) is 15.3. The minimum absolute atomic E-state index is 0.0190. The Morgan fingerprint density at radius 3 is 1.71 bits per heavy atom. The van der Waals surface area contributed by atoms with Crippen LogP contribution in [0.3, 0.4) is 0 Å². The third kappa shape index (κ3) is 5.26. The minimum atomic E-state index is 0.0190. The molecular formula is C53H40N2O. The summed E-state index contributed by atoms with van der Waals surface area (Å²) >= 11 is 0. The van der Waals surface area contributed by atoms with Crippen LogP contribution in [-0.2, 0) is 5.41 Å². The largest absolute Gasteiger partial charge is 0.456 e. The first kappa shape index (κ1) is 32.6. The Morgan fingerprint density at radius 1 is 0.411 bits per heavy atom. The molecule has 1 saturated carbocycles. The van der Waals surface area contributed by atoms with E-state index in [0.717, 1.165) is 39.0 Å². The van der Waals surface area contributed by atoms with E-state index >= 15 is 0 Å². The molecule has 1 aliphatic heterocycles. The highest BCUT2D eigenvalue weighted by Gasteiger charge is 2.45. The van der Waals surface area contributed by atoms with Crippen LogP contribution in [0.4, 0.5) is 34.1 Å². The van der Waals surface area contributed by atoms with E-state index in [-0.39, 0.29) is 5.41 Å². The first-order chi connectivity index (χ1) is 27.7. The van der Waals surface area contributed by atoms with Crippen LogP contribution in [0.15, 0.2) is 199 Å². The van der Waals surface area contributed by atoms with E-state index in [0.29, 0.717) is 0 Å². The van der Waals surface area contributed by atoms with Gasteiger partial charge in [-0.3, -0.25) is 0 Å². The second kappa shape index (κ2) is 13.2. The molecule has 1 aliphatic carbocycles. The summed E-state index contributed by atoms with van der Waals surface area (Å²) in [4.78, 5) is 4.81. The summed E-state index contributed by atoms with van der Waals surface area (Å²) in [5.74, 6) is 0. The maximum absolute atomic E-state index is 6.38. The van der Waals surface area contributed by atoms with E-state index in [4.69, 9.17) is 4.42 Å². The number of fused-ring (bicyclic) bond motifs is 7. The fourth-order valence-corrected chi connectivity index (χ4v) is 9.55. The van der Waals surface area contributed by atoms with Gasteiger partial charge in [-0.2, -0.15) is 0 Å². The third-order valence-corrected chi connectivity index (χ3v) is 12.2. The van der Waals surface area contributed by atoms with Gasteiger partial charge in [0.25, 0.3) is 0 Å². The third-order valence-electron chi connectivity index (χ3n) is 12.2. The summed E-state index contributed by atoms with van der Waals surface area (Å²) in [6, 6.07) is 70.5. The van der Waals surface area contributed by atoms with Crippen molar-refractivity contribution >= 4 is 56.1 Å². The molecule has 0 radical (unpaired) electrons. The molecule has 0 N–H and O–H groups in total.